The quantitative estimate of drug-likeness (QED) is 0.858. The number of halogens is 2. The molecule has 6 heteroatoms. The molecule has 1 amide bonds. The molecule has 0 aromatic heterocycles. The summed E-state index contributed by atoms with van der Waals surface area (Å²) in [6.45, 7) is 6.32. The van der Waals surface area contributed by atoms with Crippen molar-refractivity contribution in [3.8, 4) is 5.75 Å². The number of aromatic hydroxyl groups is 1. The Kier molecular flexibility index (Phi) is 4.58. The Balaban J connectivity index is 2.01. The van der Waals surface area contributed by atoms with Crippen LogP contribution in [-0.4, -0.2) is 34.8 Å². The largest absolute Gasteiger partial charge is 0.508 e. The van der Waals surface area contributed by atoms with Gasteiger partial charge in [0.25, 0.3) is 0 Å². The lowest BCUT2D eigenvalue weighted by Crippen LogP contribution is -2.41. The van der Waals surface area contributed by atoms with Crippen molar-refractivity contribution in [2.75, 3.05) is 13.1 Å². The maximum absolute atomic E-state index is 13.3. The molecule has 0 unspecified atom stereocenters. The van der Waals surface area contributed by atoms with Gasteiger partial charge in [0.05, 0.1) is 0 Å². The number of rotatable bonds is 1. The molecular weight excluding hydrogens is 292 g/mol. The molecule has 1 fully saturated rings. The van der Waals surface area contributed by atoms with E-state index in [1.54, 1.807) is 25.7 Å². The Morgan fingerprint density at radius 2 is 1.77 bits per heavy atom. The van der Waals surface area contributed by atoms with Gasteiger partial charge in [0.1, 0.15) is 11.4 Å². The second kappa shape index (κ2) is 6.10. The first-order valence-corrected chi connectivity index (χ1v) is 7.33. The van der Waals surface area contributed by atoms with E-state index in [1.165, 1.54) is 0 Å². The zero-order valence-corrected chi connectivity index (χ0v) is 13.0. The summed E-state index contributed by atoms with van der Waals surface area (Å²) in [4.78, 5) is 13.6. The van der Waals surface area contributed by atoms with E-state index in [0.29, 0.717) is 31.5 Å². The van der Waals surface area contributed by atoms with Gasteiger partial charge in [0, 0.05) is 24.7 Å². The van der Waals surface area contributed by atoms with E-state index >= 15 is 0 Å². The van der Waals surface area contributed by atoms with Crippen LogP contribution in [0.5, 0.6) is 5.75 Å². The molecule has 1 aromatic rings. The van der Waals surface area contributed by atoms with Crippen LogP contribution < -0.4 is 0 Å². The van der Waals surface area contributed by atoms with Crippen LogP contribution >= 0.6 is 0 Å². The van der Waals surface area contributed by atoms with Crippen molar-refractivity contribution in [2.24, 2.45) is 0 Å². The first-order chi connectivity index (χ1) is 10.2. The molecule has 1 saturated heterocycles. The number of likely N-dealkylation sites (tertiary alicyclic amines) is 1. The normalized spacial score (nSPS) is 16.7. The van der Waals surface area contributed by atoms with Crippen LogP contribution in [0.25, 0.3) is 0 Å². The molecule has 122 valence electrons. The number of benzene rings is 1. The summed E-state index contributed by atoms with van der Waals surface area (Å²) in [5.74, 6) is -2.38. The van der Waals surface area contributed by atoms with E-state index in [9.17, 15) is 18.7 Å². The van der Waals surface area contributed by atoms with E-state index in [0.717, 1.165) is 12.1 Å². The Hall–Kier alpha value is -1.85. The first kappa shape index (κ1) is 16.5. The number of phenolic OH excluding ortho intramolecular Hbond substituents is 1. The van der Waals surface area contributed by atoms with E-state index < -0.39 is 17.2 Å². The van der Waals surface area contributed by atoms with Gasteiger partial charge in [-0.05, 0) is 45.6 Å². The van der Waals surface area contributed by atoms with Gasteiger partial charge in [-0.3, -0.25) is 0 Å². The molecule has 0 spiro atoms. The van der Waals surface area contributed by atoms with Crippen LogP contribution in [0.15, 0.2) is 12.1 Å². The Bertz CT molecular complexity index is 561. The number of phenols is 1. The molecule has 0 radical (unpaired) electrons. The van der Waals surface area contributed by atoms with Gasteiger partial charge in [-0.1, -0.05) is 0 Å². The summed E-state index contributed by atoms with van der Waals surface area (Å²) in [7, 11) is 0. The molecule has 2 rings (SSSR count). The van der Waals surface area contributed by atoms with Gasteiger partial charge in [-0.2, -0.15) is 0 Å². The Labute approximate surface area is 128 Å². The monoisotopic (exact) mass is 313 g/mol. The lowest BCUT2D eigenvalue weighted by atomic mass is 9.89. The van der Waals surface area contributed by atoms with Gasteiger partial charge in [-0.15, -0.1) is 0 Å². The van der Waals surface area contributed by atoms with Gasteiger partial charge >= 0.3 is 6.09 Å². The molecule has 1 heterocycles. The highest BCUT2D eigenvalue weighted by Crippen LogP contribution is 2.35. The number of hydrogen-bond donors (Lipinski definition) is 1. The topological polar surface area (TPSA) is 49.8 Å². The van der Waals surface area contributed by atoms with Crippen molar-refractivity contribution in [3.63, 3.8) is 0 Å². The fourth-order valence-electron chi connectivity index (χ4n) is 2.58. The smallest absolute Gasteiger partial charge is 0.410 e. The fraction of sp³-hybridized carbons (Fsp3) is 0.562. The molecule has 0 bridgehead atoms. The van der Waals surface area contributed by atoms with Gasteiger partial charge in [-0.25, -0.2) is 13.6 Å². The van der Waals surface area contributed by atoms with E-state index in [4.69, 9.17) is 4.74 Å². The zero-order valence-electron chi connectivity index (χ0n) is 13.0. The van der Waals surface area contributed by atoms with Crippen molar-refractivity contribution in [3.05, 3.63) is 29.3 Å². The van der Waals surface area contributed by atoms with E-state index in [1.807, 2.05) is 0 Å². The summed E-state index contributed by atoms with van der Waals surface area (Å²) >= 11 is 0. The predicted molar refractivity (Wildman–Crippen MR) is 77.8 cm³/mol. The molecule has 1 aliphatic heterocycles. The minimum Gasteiger partial charge on any atom is -0.508 e. The molecule has 0 atom stereocenters. The molecule has 1 N–H and O–H groups in total. The highest BCUT2D eigenvalue weighted by Gasteiger charge is 2.29. The second-order valence-electron chi connectivity index (χ2n) is 6.57. The summed E-state index contributed by atoms with van der Waals surface area (Å²) in [5.41, 5.74) is -0.158. The summed E-state index contributed by atoms with van der Waals surface area (Å²) in [6.07, 6.45) is 0.760. The Morgan fingerprint density at radius 3 is 2.32 bits per heavy atom. The van der Waals surface area contributed by atoms with Crippen LogP contribution in [0.4, 0.5) is 13.6 Å². The third kappa shape index (κ3) is 3.87. The number of ether oxygens (including phenoxy) is 1. The fourth-order valence-corrected chi connectivity index (χ4v) is 2.58. The number of amides is 1. The number of piperidine rings is 1. The van der Waals surface area contributed by atoms with Crippen LogP contribution in [0, 0.1) is 11.6 Å². The molecule has 1 aliphatic rings. The zero-order chi connectivity index (χ0) is 16.5. The van der Waals surface area contributed by atoms with Gasteiger partial charge in [0.2, 0.25) is 0 Å². The minimum absolute atomic E-state index is 0.103. The van der Waals surface area contributed by atoms with Crippen LogP contribution in [0.3, 0.4) is 0 Å². The second-order valence-corrected chi connectivity index (χ2v) is 6.57. The lowest BCUT2D eigenvalue weighted by molar-refractivity contribution is 0.0204. The van der Waals surface area contributed by atoms with E-state index in [-0.39, 0.29) is 17.8 Å². The number of carbonyl (C=O) groups is 1. The number of carbonyl (C=O) groups excluding carboxylic acids is 1. The molecule has 4 nitrogen and oxygen atoms in total. The van der Waals surface area contributed by atoms with Crippen LogP contribution in [0.1, 0.15) is 45.1 Å². The third-order valence-corrected chi connectivity index (χ3v) is 3.66. The van der Waals surface area contributed by atoms with Crippen molar-refractivity contribution >= 4 is 6.09 Å². The maximum atomic E-state index is 13.3. The summed E-state index contributed by atoms with van der Waals surface area (Å²) in [6, 6.07) is 1.84. The molecule has 0 saturated carbocycles. The van der Waals surface area contributed by atoms with Crippen molar-refractivity contribution in [1.29, 1.82) is 0 Å². The van der Waals surface area contributed by atoms with Crippen molar-refractivity contribution < 1.29 is 23.4 Å². The maximum Gasteiger partial charge on any atom is 0.410 e. The van der Waals surface area contributed by atoms with Crippen LogP contribution in [-0.2, 0) is 4.74 Å². The standard InChI is InChI=1S/C16H21F2NO3/c1-16(2,3)22-15(21)19-6-4-10(5-7-19)11-8-12(17)13(18)9-14(11)20/h8-10,20H,4-7H2,1-3H3. The third-order valence-electron chi connectivity index (χ3n) is 3.66. The highest BCUT2D eigenvalue weighted by molar-refractivity contribution is 5.68. The molecule has 22 heavy (non-hydrogen) atoms. The number of nitrogens with zero attached hydrogens (tertiary/aromatic N) is 1. The van der Waals surface area contributed by atoms with Crippen LogP contribution in [0.2, 0.25) is 0 Å². The average Bonchev–Trinajstić information content (AvgIpc) is 2.41. The highest BCUT2D eigenvalue weighted by atomic mass is 19.2. The number of hydrogen-bond acceptors (Lipinski definition) is 3. The molecular formula is C16H21F2NO3. The minimum atomic E-state index is -1.06. The Morgan fingerprint density at radius 1 is 1.23 bits per heavy atom. The SMILES string of the molecule is CC(C)(C)OC(=O)N1CCC(c2cc(F)c(F)cc2O)CC1. The average molecular weight is 313 g/mol. The lowest BCUT2D eigenvalue weighted by Gasteiger charge is -2.33. The van der Waals surface area contributed by atoms with Crippen molar-refractivity contribution in [2.45, 2.75) is 45.1 Å². The summed E-state index contributed by atoms with van der Waals surface area (Å²) in [5, 5.41) is 9.78. The van der Waals surface area contributed by atoms with Crippen molar-refractivity contribution in [1.82, 2.24) is 4.90 Å². The summed E-state index contributed by atoms with van der Waals surface area (Å²) < 4.78 is 31.7. The van der Waals surface area contributed by atoms with E-state index in [2.05, 4.69) is 0 Å². The molecule has 0 aliphatic carbocycles. The van der Waals surface area contributed by atoms with Gasteiger partial charge in [0.15, 0.2) is 11.6 Å². The molecule has 1 aromatic carbocycles. The predicted octanol–water partition coefficient (Wildman–Crippen LogP) is 3.78. The first-order valence-electron chi connectivity index (χ1n) is 7.33. The van der Waals surface area contributed by atoms with Gasteiger partial charge < -0.3 is 14.7 Å².